The molecule has 0 bridgehead atoms. The van der Waals surface area contributed by atoms with Crippen LogP contribution in [0.15, 0.2) is 42.5 Å². The molecule has 5 nitrogen and oxygen atoms in total. The zero-order valence-corrected chi connectivity index (χ0v) is 12.1. The molecular formula is C15H14ClNO4. The average molecular weight is 308 g/mol. The van der Waals surface area contributed by atoms with Crippen molar-refractivity contribution in [3.8, 4) is 17.2 Å². The van der Waals surface area contributed by atoms with Gasteiger partial charge in [-0.15, -0.1) is 0 Å². The molecule has 0 aromatic heterocycles. The Morgan fingerprint density at radius 3 is 2.71 bits per heavy atom. The highest BCUT2D eigenvalue weighted by Crippen LogP contribution is 2.28. The first-order valence-corrected chi connectivity index (χ1v) is 6.52. The molecule has 0 fully saturated rings. The first-order valence-electron chi connectivity index (χ1n) is 6.14. The third-order valence-electron chi connectivity index (χ3n) is 2.66. The Bertz CT molecular complexity index is 645. The SMILES string of the molecule is COc1ccc(Cl)cc1NC(=O)COc1ccccc1O. The van der Waals surface area contributed by atoms with Crippen LogP contribution >= 0.6 is 11.6 Å². The Labute approximate surface area is 127 Å². The molecule has 2 aromatic carbocycles. The number of carbonyl (C=O) groups is 1. The molecule has 0 aliphatic rings. The van der Waals surface area contributed by atoms with Crippen LogP contribution in [0, 0.1) is 0 Å². The highest BCUT2D eigenvalue weighted by molar-refractivity contribution is 6.31. The molecule has 0 aliphatic heterocycles. The number of phenolic OH excluding ortho intramolecular Hbond substituents is 1. The van der Waals surface area contributed by atoms with Crippen molar-refractivity contribution >= 4 is 23.2 Å². The molecular weight excluding hydrogens is 294 g/mol. The van der Waals surface area contributed by atoms with Crippen LogP contribution in [0.4, 0.5) is 5.69 Å². The molecule has 0 saturated carbocycles. The Kier molecular flexibility index (Phi) is 4.90. The fourth-order valence-electron chi connectivity index (χ4n) is 1.69. The van der Waals surface area contributed by atoms with Gasteiger partial charge in [-0.1, -0.05) is 23.7 Å². The molecule has 0 spiro atoms. The van der Waals surface area contributed by atoms with Crippen molar-refractivity contribution in [1.29, 1.82) is 0 Å². The van der Waals surface area contributed by atoms with E-state index in [-0.39, 0.29) is 24.0 Å². The van der Waals surface area contributed by atoms with Crippen LogP contribution in [0.5, 0.6) is 17.2 Å². The van der Waals surface area contributed by atoms with Gasteiger partial charge in [0.1, 0.15) is 5.75 Å². The van der Waals surface area contributed by atoms with Gasteiger partial charge in [-0.2, -0.15) is 0 Å². The summed E-state index contributed by atoms with van der Waals surface area (Å²) in [6.07, 6.45) is 0. The number of phenols is 1. The van der Waals surface area contributed by atoms with Gasteiger partial charge in [0.25, 0.3) is 5.91 Å². The molecule has 110 valence electrons. The molecule has 21 heavy (non-hydrogen) atoms. The average Bonchev–Trinajstić information content (AvgIpc) is 2.47. The molecule has 2 aromatic rings. The van der Waals surface area contributed by atoms with Gasteiger partial charge in [-0.3, -0.25) is 4.79 Å². The fourth-order valence-corrected chi connectivity index (χ4v) is 1.86. The van der Waals surface area contributed by atoms with Crippen molar-refractivity contribution in [2.24, 2.45) is 0 Å². The predicted molar refractivity (Wildman–Crippen MR) is 80.2 cm³/mol. The number of halogens is 1. The molecule has 6 heteroatoms. The van der Waals surface area contributed by atoms with Crippen LogP contribution < -0.4 is 14.8 Å². The van der Waals surface area contributed by atoms with E-state index >= 15 is 0 Å². The van der Waals surface area contributed by atoms with Crippen molar-refractivity contribution in [3.63, 3.8) is 0 Å². The maximum absolute atomic E-state index is 11.9. The number of benzene rings is 2. The van der Waals surface area contributed by atoms with Crippen molar-refractivity contribution in [2.75, 3.05) is 19.0 Å². The lowest BCUT2D eigenvalue weighted by Crippen LogP contribution is -2.20. The maximum atomic E-state index is 11.9. The third-order valence-corrected chi connectivity index (χ3v) is 2.89. The first-order chi connectivity index (χ1) is 10.1. The van der Waals surface area contributed by atoms with E-state index in [1.807, 2.05) is 0 Å². The summed E-state index contributed by atoms with van der Waals surface area (Å²) in [4.78, 5) is 11.9. The molecule has 2 N–H and O–H groups in total. The number of methoxy groups -OCH3 is 1. The molecule has 0 radical (unpaired) electrons. The summed E-state index contributed by atoms with van der Waals surface area (Å²) < 4.78 is 10.4. The molecule has 0 aliphatic carbocycles. The Hall–Kier alpha value is -2.40. The summed E-state index contributed by atoms with van der Waals surface area (Å²) >= 11 is 5.88. The van der Waals surface area contributed by atoms with E-state index in [0.29, 0.717) is 16.5 Å². The zero-order valence-electron chi connectivity index (χ0n) is 11.3. The van der Waals surface area contributed by atoms with E-state index in [1.165, 1.54) is 13.2 Å². The first kappa shape index (κ1) is 15.0. The number of carbonyl (C=O) groups excluding carboxylic acids is 1. The minimum atomic E-state index is -0.390. The van der Waals surface area contributed by atoms with Gasteiger partial charge in [-0.25, -0.2) is 0 Å². The van der Waals surface area contributed by atoms with Crippen LogP contribution in [-0.2, 0) is 4.79 Å². The lowest BCUT2D eigenvalue weighted by molar-refractivity contribution is -0.118. The van der Waals surface area contributed by atoms with Gasteiger partial charge in [0, 0.05) is 5.02 Å². The number of hydrogen-bond acceptors (Lipinski definition) is 4. The minimum Gasteiger partial charge on any atom is -0.504 e. The number of amides is 1. The monoisotopic (exact) mass is 307 g/mol. The van der Waals surface area contributed by atoms with Crippen molar-refractivity contribution < 1.29 is 19.4 Å². The normalized spacial score (nSPS) is 10.0. The summed E-state index contributed by atoms with van der Waals surface area (Å²) in [6.45, 7) is -0.243. The number of ether oxygens (including phenoxy) is 2. The second-order valence-corrected chi connectivity index (χ2v) is 4.59. The molecule has 0 unspecified atom stereocenters. The van der Waals surface area contributed by atoms with E-state index in [4.69, 9.17) is 21.1 Å². The Balaban J connectivity index is 1.99. The van der Waals surface area contributed by atoms with Gasteiger partial charge < -0.3 is 19.9 Å². The number of hydrogen-bond donors (Lipinski definition) is 2. The summed E-state index contributed by atoms with van der Waals surface area (Å²) in [6, 6.07) is 11.3. The third kappa shape index (κ3) is 4.03. The number of anilines is 1. The fraction of sp³-hybridized carbons (Fsp3) is 0.133. The largest absolute Gasteiger partial charge is 0.504 e. The van der Waals surface area contributed by atoms with Crippen LogP contribution in [0.3, 0.4) is 0 Å². The van der Waals surface area contributed by atoms with E-state index in [1.54, 1.807) is 36.4 Å². The molecule has 2 rings (SSSR count). The summed E-state index contributed by atoms with van der Waals surface area (Å²) in [7, 11) is 1.50. The number of aromatic hydroxyl groups is 1. The molecule has 1 amide bonds. The number of para-hydroxylation sites is 2. The van der Waals surface area contributed by atoms with E-state index in [0.717, 1.165) is 0 Å². The topological polar surface area (TPSA) is 67.8 Å². The van der Waals surface area contributed by atoms with E-state index in [9.17, 15) is 9.90 Å². The van der Waals surface area contributed by atoms with Crippen LogP contribution in [-0.4, -0.2) is 24.7 Å². The van der Waals surface area contributed by atoms with Crippen LogP contribution in [0.25, 0.3) is 0 Å². The molecule has 0 atom stereocenters. The lowest BCUT2D eigenvalue weighted by Gasteiger charge is -2.11. The van der Waals surface area contributed by atoms with Gasteiger partial charge in [-0.05, 0) is 30.3 Å². The Morgan fingerprint density at radius 1 is 1.24 bits per heavy atom. The second kappa shape index (κ2) is 6.85. The minimum absolute atomic E-state index is 0.0226. The van der Waals surface area contributed by atoms with Gasteiger partial charge in [0.2, 0.25) is 0 Å². The molecule has 0 saturated heterocycles. The zero-order chi connectivity index (χ0) is 15.2. The highest BCUT2D eigenvalue weighted by atomic mass is 35.5. The van der Waals surface area contributed by atoms with Crippen molar-refractivity contribution in [3.05, 3.63) is 47.5 Å². The van der Waals surface area contributed by atoms with Gasteiger partial charge in [0.15, 0.2) is 18.1 Å². The van der Waals surface area contributed by atoms with Gasteiger partial charge in [0.05, 0.1) is 12.8 Å². The quantitative estimate of drug-likeness (QED) is 0.891. The van der Waals surface area contributed by atoms with Crippen LogP contribution in [0.1, 0.15) is 0 Å². The summed E-state index contributed by atoms with van der Waals surface area (Å²) in [5.41, 5.74) is 0.455. The van der Waals surface area contributed by atoms with E-state index in [2.05, 4.69) is 5.32 Å². The van der Waals surface area contributed by atoms with Gasteiger partial charge >= 0.3 is 0 Å². The lowest BCUT2D eigenvalue weighted by atomic mass is 10.3. The second-order valence-electron chi connectivity index (χ2n) is 4.15. The number of nitrogens with one attached hydrogen (secondary N) is 1. The number of rotatable bonds is 5. The Morgan fingerprint density at radius 2 is 2.00 bits per heavy atom. The van der Waals surface area contributed by atoms with E-state index < -0.39 is 0 Å². The summed E-state index contributed by atoms with van der Waals surface area (Å²) in [5.74, 6) is 0.325. The maximum Gasteiger partial charge on any atom is 0.262 e. The summed E-state index contributed by atoms with van der Waals surface area (Å²) in [5, 5.41) is 12.7. The van der Waals surface area contributed by atoms with Crippen molar-refractivity contribution in [1.82, 2.24) is 0 Å². The van der Waals surface area contributed by atoms with Crippen LogP contribution in [0.2, 0.25) is 5.02 Å². The predicted octanol–water partition coefficient (Wildman–Crippen LogP) is 3.07. The highest BCUT2D eigenvalue weighted by Gasteiger charge is 2.10. The standard InChI is InChI=1S/C15H14ClNO4/c1-20-13-7-6-10(16)8-11(13)17-15(19)9-21-14-5-3-2-4-12(14)18/h2-8,18H,9H2,1H3,(H,17,19). The molecule has 0 heterocycles. The van der Waals surface area contributed by atoms with Crippen molar-refractivity contribution in [2.45, 2.75) is 0 Å². The smallest absolute Gasteiger partial charge is 0.262 e.